The maximum absolute atomic E-state index is 12.0. The lowest BCUT2D eigenvalue weighted by molar-refractivity contribution is 0.0868. The molecule has 1 aromatic carbocycles. The molecule has 2 rings (SSSR count). The summed E-state index contributed by atoms with van der Waals surface area (Å²) in [6.07, 6.45) is 3.36. The number of carbonyl (C=O) groups excluding carboxylic acids is 1. The van der Waals surface area contributed by atoms with Gasteiger partial charge in [0.2, 0.25) is 0 Å². The number of urea groups is 1. The maximum Gasteiger partial charge on any atom is 0.319 e. The van der Waals surface area contributed by atoms with Crippen molar-refractivity contribution in [3.05, 3.63) is 29.8 Å². The topological polar surface area (TPSA) is 50.4 Å². The van der Waals surface area contributed by atoms with Crippen LogP contribution in [0, 0.1) is 0 Å². The summed E-state index contributed by atoms with van der Waals surface area (Å²) >= 11 is 0. The molecule has 0 spiro atoms. The number of rotatable bonds is 5. The van der Waals surface area contributed by atoms with E-state index in [-0.39, 0.29) is 18.2 Å². The zero-order valence-corrected chi connectivity index (χ0v) is 13.2. The number of carbonyl (C=O) groups is 1. The second kappa shape index (κ2) is 7.46. The lowest BCUT2D eigenvalue weighted by Gasteiger charge is -2.20. The molecule has 0 aliphatic carbocycles. The quantitative estimate of drug-likeness (QED) is 0.864. The highest BCUT2D eigenvalue weighted by atomic mass is 16.5. The first-order valence-electron chi connectivity index (χ1n) is 7.89. The van der Waals surface area contributed by atoms with Gasteiger partial charge in [0, 0.05) is 12.3 Å². The minimum absolute atomic E-state index is 0.0342. The molecule has 1 fully saturated rings. The van der Waals surface area contributed by atoms with E-state index < -0.39 is 0 Å². The van der Waals surface area contributed by atoms with Crippen molar-refractivity contribution in [2.24, 2.45) is 0 Å². The number of nitrogens with one attached hydrogen (secondary N) is 2. The SMILES string of the molecule is CCC(C)c1ccc(NC(=O)NC(C)C2CCCO2)cc1. The van der Waals surface area contributed by atoms with Crippen molar-refractivity contribution >= 4 is 11.7 Å². The van der Waals surface area contributed by atoms with Crippen LogP contribution in [0.1, 0.15) is 51.5 Å². The summed E-state index contributed by atoms with van der Waals surface area (Å²) in [5.41, 5.74) is 2.12. The van der Waals surface area contributed by atoms with E-state index in [0.29, 0.717) is 5.92 Å². The van der Waals surface area contributed by atoms with Crippen LogP contribution in [0.3, 0.4) is 0 Å². The monoisotopic (exact) mass is 290 g/mol. The summed E-state index contributed by atoms with van der Waals surface area (Å²) in [5.74, 6) is 0.549. The first-order valence-corrected chi connectivity index (χ1v) is 7.89. The number of benzene rings is 1. The molecule has 1 saturated heterocycles. The number of hydrogen-bond acceptors (Lipinski definition) is 2. The second-order valence-electron chi connectivity index (χ2n) is 5.87. The van der Waals surface area contributed by atoms with Gasteiger partial charge in [-0.05, 0) is 49.8 Å². The van der Waals surface area contributed by atoms with E-state index in [4.69, 9.17) is 4.74 Å². The van der Waals surface area contributed by atoms with E-state index in [1.807, 2.05) is 19.1 Å². The van der Waals surface area contributed by atoms with Crippen LogP contribution < -0.4 is 10.6 Å². The van der Waals surface area contributed by atoms with E-state index in [1.54, 1.807) is 0 Å². The average Bonchev–Trinajstić information content (AvgIpc) is 3.01. The predicted molar refractivity (Wildman–Crippen MR) is 85.7 cm³/mol. The number of ether oxygens (including phenoxy) is 1. The molecule has 0 bridgehead atoms. The van der Waals surface area contributed by atoms with Gasteiger partial charge in [-0.25, -0.2) is 4.79 Å². The summed E-state index contributed by atoms with van der Waals surface area (Å²) in [5, 5.41) is 5.82. The van der Waals surface area contributed by atoms with Crippen LogP contribution in [0.25, 0.3) is 0 Å². The van der Waals surface area contributed by atoms with Crippen LogP contribution in [0.15, 0.2) is 24.3 Å². The van der Waals surface area contributed by atoms with Crippen molar-refractivity contribution in [2.45, 2.75) is 58.1 Å². The minimum atomic E-state index is -0.172. The molecule has 3 atom stereocenters. The Labute approximate surface area is 127 Å². The van der Waals surface area contributed by atoms with Gasteiger partial charge in [0.25, 0.3) is 0 Å². The third-order valence-electron chi connectivity index (χ3n) is 4.23. The van der Waals surface area contributed by atoms with Gasteiger partial charge < -0.3 is 15.4 Å². The second-order valence-corrected chi connectivity index (χ2v) is 5.87. The molecule has 0 saturated carbocycles. The van der Waals surface area contributed by atoms with Gasteiger partial charge >= 0.3 is 6.03 Å². The lowest BCUT2D eigenvalue weighted by Crippen LogP contribution is -2.42. The standard InChI is InChI=1S/C17H26N2O2/c1-4-12(2)14-7-9-15(10-8-14)19-17(20)18-13(3)16-6-5-11-21-16/h7-10,12-13,16H,4-6,11H2,1-3H3,(H2,18,19,20). The van der Waals surface area contributed by atoms with Gasteiger partial charge in [0.15, 0.2) is 0 Å². The van der Waals surface area contributed by atoms with Crippen molar-refractivity contribution in [3.8, 4) is 0 Å². The highest BCUT2D eigenvalue weighted by Crippen LogP contribution is 2.20. The van der Waals surface area contributed by atoms with Crippen molar-refractivity contribution in [3.63, 3.8) is 0 Å². The largest absolute Gasteiger partial charge is 0.376 e. The highest BCUT2D eigenvalue weighted by molar-refractivity contribution is 5.89. The van der Waals surface area contributed by atoms with Gasteiger partial charge in [-0.1, -0.05) is 26.0 Å². The third kappa shape index (κ3) is 4.46. The Morgan fingerprint density at radius 1 is 1.33 bits per heavy atom. The molecule has 1 aliphatic heterocycles. The molecule has 0 radical (unpaired) electrons. The fourth-order valence-corrected chi connectivity index (χ4v) is 2.59. The van der Waals surface area contributed by atoms with E-state index in [1.165, 1.54) is 5.56 Å². The first-order chi connectivity index (χ1) is 10.1. The molecule has 116 valence electrons. The summed E-state index contributed by atoms with van der Waals surface area (Å²) in [6.45, 7) is 7.17. The normalized spacial score (nSPS) is 20.8. The lowest BCUT2D eigenvalue weighted by atomic mass is 9.99. The fourth-order valence-electron chi connectivity index (χ4n) is 2.59. The smallest absolute Gasteiger partial charge is 0.319 e. The molecular formula is C17H26N2O2. The predicted octanol–water partition coefficient (Wildman–Crippen LogP) is 3.89. The summed E-state index contributed by atoms with van der Waals surface area (Å²) < 4.78 is 5.58. The van der Waals surface area contributed by atoms with Crippen LogP contribution in [-0.2, 0) is 4.74 Å². The van der Waals surface area contributed by atoms with E-state index >= 15 is 0 Å². The molecule has 0 aromatic heterocycles. The molecule has 4 heteroatoms. The highest BCUT2D eigenvalue weighted by Gasteiger charge is 2.23. The Morgan fingerprint density at radius 2 is 2.05 bits per heavy atom. The van der Waals surface area contributed by atoms with Crippen molar-refractivity contribution in [1.29, 1.82) is 0 Å². The summed E-state index contributed by atoms with van der Waals surface area (Å²) in [6, 6.07) is 7.93. The zero-order chi connectivity index (χ0) is 15.2. The van der Waals surface area contributed by atoms with E-state index in [9.17, 15) is 4.79 Å². The van der Waals surface area contributed by atoms with Gasteiger partial charge in [0.1, 0.15) is 0 Å². The molecule has 3 unspecified atom stereocenters. The Balaban J connectivity index is 1.84. The van der Waals surface area contributed by atoms with Crippen LogP contribution in [0.2, 0.25) is 0 Å². The fraction of sp³-hybridized carbons (Fsp3) is 0.588. The molecule has 2 N–H and O–H groups in total. The Bertz CT molecular complexity index is 452. The Kier molecular flexibility index (Phi) is 5.62. The van der Waals surface area contributed by atoms with Crippen LogP contribution in [0.4, 0.5) is 10.5 Å². The molecule has 1 aromatic rings. The number of amides is 2. The summed E-state index contributed by atoms with van der Waals surface area (Å²) in [4.78, 5) is 12.0. The number of anilines is 1. The van der Waals surface area contributed by atoms with E-state index in [2.05, 4.69) is 36.6 Å². The van der Waals surface area contributed by atoms with Gasteiger partial charge in [-0.15, -0.1) is 0 Å². The van der Waals surface area contributed by atoms with Gasteiger partial charge in [0.05, 0.1) is 12.1 Å². The van der Waals surface area contributed by atoms with Crippen molar-refractivity contribution in [2.75, 3.05) is 11.9 Å². The maximum atomic E-state index is 12.0. The molecule has 2 amide bonds. The molecule has 1 heterocycles. The van der Waals surface area contributed by atoms with Crippen molar-refractivity contribution < 1.29 is 9.53 Å². The third-order valence-corrected chi connectivity index (χ3v) is 4.23. The molecule has 4 nitrogen and oxygen atoms in total. The Morgan fingerprint density at radius 3 is 2.62 bits per heavy atom. The van der Waals surface area contributed by atoms with E-state index in [0.717, 1.165) is 31.6 Å². The van der Waals surface area contributed by atoms with Crippen LogP contribution >= 0.6 is 0 Å². The van der Waals surface area contributed by atoms with Crippen LogP contribution in [-0.4, -0.2) is 24.8 Å². The zero-order valence-electron chi connectivity index (χ0n) is 13.2. The summed E-state index contributed by atoms with van der Waals surface area (Å²) in [7, 11) is 0. The molecule has 1 aliphatic rings. The minimum Gasteiger partial charge on any atom is -0.376 e. The molecular weight excluding hydrogens is 264 g/mol. The molecule has 21 heavy (non-hydrogen) atoms. The average molecular weight is 290 g/mol. The van der Waals surface area contributed by atoms with Crippen molar-refractivity contribution in [1.82, 2.24) is 5.32 Å². The van der Waals surface area contributed by atoms with Crippen LogP contribution in [0.5, 0.6) is 0 Å². The van der Waals surface area contributed by atoms with Gasteiger partial charge in [-0.2, -0.15) is 0 Å². The Hall–Kier alpha value is -1.55. The number of hydrogen-bond donors (Lipinski definition) is 2. The van der Waals surface area contributed by atoms with Gasteiger partial charge in [-0.3, -0.25) is 0 Å². The first kappa shape index (κ1) is 15.8.